The Morgan fingerprint density at radius 2 is 2.39 bits per heavy atom. The van der Waals surface area contributed by atoms with E-state index in [9.17, 15) is 4.79 Å². The molecule has 0 aliphatic carbocycles. The SMILES string of the molecule is CCCN(C(=O)c1ccncc1OC)C1CNC1. The molecule has 0 spiro atoms. The molecule has 1 fully saturated rings. The number of ether oxygens (including phenoxy) is 1. The molecule has 1 N–H and O–H groups in total. The lowest BCUT2D eigenvalue weighted by Gasteiger charge is -2.38. The van der Waals surface area contributed by atoms with Crippen molar-refractivity contribution < 1.29 is 9.53 Å². The predicted octanol–water partition coefficient (Wildman–Crippen LogP) is 0.914. The summed E-state index contributed by atoms with van der Waals surface area (Å²) in [6, 6.07) is 2.02. The maximum atomic E-state index is 12.5. The minimum atomic E-state index is 0.0302. The molecule has 18 heavy (non-hydrogen) atoms. The van der Waals surface area contributed by atoms with Crippen LogP contribution >= 0.6 is 0 Å². The van der Waals surface area contributed by atoms with E-state index in [1.54, 1.807) is 25.6 Å². The van der Waals surface area contributed by atoms with Crippen molar-refractivity contribution in [1.82, 2.24) is 15.2 Å². The first-order chi connectivity index (χ1) is 8.77. The Labute approximate surface area is 107 Å². The minimum absolute atomic E-state index is 0.0302. The lowest BCUT2D eigenvalue weighted by molar-refractivity contribution is 0.0612. The number of hydrogen-bond donors (Lipinski definition) is 1. The molecule has 0 atom stereocenters. The van der Waals surface area contributed by atoms with Crippen LogP contribution in [-0.4, -0.2) is 48.6 Å². The first kappa shape index (κ1) is 12.8. The van der Waals surface area contributed by atoms with E-state index in [1.165, 1.54) is 0 Å². The highest BCUT2D eigenvalue weighted by molar-refractivity contribution is 5.97. The molecule has 0 bridgehead atoms. The van der Waals surface area contributed by atoms with Gasteiger partial charge in [0, 0.05) is 25.8 Å². The van der Waals surface area contributed by atoms with Crippen molar-refractivity contribution in [2.75, 3.05) is 26.7 Å². The molecule has 0 radical (unpaired) electrons. The fourth-order valence-corrected chi connectivity index (χ4v) is 2.06. The van der Waals surface area contributed by atoms with E-state index < -0.39 is 0 Å². The number of hydrogen-bond acceptors (Lipinski definition) is 4. The van der Waals surface area contributed by atoms with Gasteiger partial charge in [0.2, 0.25) is 0 Å². The molecular weight excluding hydrogens is 230 g/mol. The summed E-state index contributed by atoms with van der Waals surface area (Å²) in [5.41, 5.74) is 0.591. The van der Waals surface area contributed by atoms with Crippen LogP contribution < -0.4 is 10.1 Å². The van der Waals surface area contributed by atoms with Gasteiger partial charge in [0.05, 0.1) is 24.9 Å². The third-order valence-electron chi connectivity index (χ3n) is 3.16. The van der Waals surface area contributed by atoms with Crippen LogP contribution in [0, 0.1) is 0 Å². The average molecular weight is 249 g/mol. The van der Waals surface area contributed by atoms with Crippen LogP contribution in [0.5, 0.6) is 5.75 Å². The molecule has 5 nitrogen and oxygen atoms in total. The van der Waals surface area contributed by atoms with Crippen molar-refractivity contribution in [2.24, 2.45) is 0 Å². The summed E-state index contributed by atoms with van der Waals surface area (Å²) in [7, 11) is 1.56. The van der Waals surface area contributed by atoms with Crippen molar-refractivity contribution in [3.63, 3.8) is 0 Å². The topological polar surface area (TPSA) is 54.5 Å². The smallest absolute Gasteiger partial charge is 0.258 e. The fourth-order valence-electron chi connectivity index (χ4n) is 2.06. The summed E-state index contributed by atoms with van der Waals surface area (Å²) in [5.74, 6) is 0.568. The molecule has 1 aliphatic rings. The van der Waals surface area contributed by atoms with Gasteiger partial charge < -0.3 is 15.0 Å². The van der Waals surface area contributed by atoms with Crippen LogP contribution in [0.3, 0.4) is 0 Å². The minimum Gasteiger partial charge on any atom is -0.494 e. The summed E-state index contributed by atoms with van der Waals surface area (Å²) in [5, 5.41) is 3.20. The van der Waals surface area contributed by atoms with Gasteiger partial charge >= 0.3 is 0 Å². The highest BCUT2D eigenvalue weighted by Crippen LogP contribution is 2.20. The standard InChI is InChI=1S/C13H19N3O2/c1-3-6-16(10-7-15-8-10)13(17)11-4-5-14-9-12(11)18-2/h4-5,9-10,15H,3,6-8H2,1-2H3. The zero-order valence-electron chi connectivity index (χ0n) is 10.8. The molecule has 1 amide bonds. The summed E-state index contributed by atoms with van der Waals surface area (Å²) < 4.78 is 5.20. The van der Waals surface area contributed by atoms with Crippen molar-refractivity contribution in [3.05, 3.63) is 24.0 Å². The number of nitrogens with zero attached hydrogens (tertiary/aromatic N) is 2. The second-order valence-electron chi connectivity index (χ2n) is 4.39. The third kappa shape index (κ3) is 2.46. The monoisotopic (exact) mass is 249 g/mol. The number of pyridine rings is 1. The lowest BCUT2D eigenvalue weighted by atomic mass is 10.1. The Balaban J connectivity index is 2.21. The Morgan fingerprint density at radius 1 is 1.61 bits per heavy atom. The van der Waals surface area contributed by atoms with Gasteiger partial charge in [-0.15, -0.1) is 0 Å². The van der Waals surface area contributed by atoms with Gasteiger partial charge in [0.25, 0.3) is 5.91 Å². The molecule has 2 heterocycles. The van der Waals surface area contributed by atoms with Gasteiger partial charge in [-0.3, -0.25) is 9.78 Å². The molecule has 1 aliphatic heterocycles. The number of methoxy groups -OCH3 is 1. The largest absolute Gasteiger partial charge is 0.494 e. The zero-order valence-corrected chi connectivity index (χ0v) is 10.8. The second kappa shape index (κ2) is 5.82. The highest BCUT2D eigenvalue weighted by atomic mass is 16.5. The van der Waals surface area contributed by atoms with Crippen molar-refractivity contribution in [3.8, 4) is 5.75 Å². The molecule has 98 valence electrons. The van der Waals surface area contributed by atoms with Gasteiger partial charge in [-0.1, -0.05) is 6.92 Å². The number of aromatic nitrogens is 1. The van der Waals surface area contributed by atoms with E-state index in [4.69, 9.17) is 4.74 Å². The number of rotatable bonds is 5. The summed E-state index contributed by atoms with van der Waals surface area (Å²) >= 11 is 0. The number of carbonyl (C=O) groups excluding carboxylic acids is 1. The quantitative estimate of drug-likeness (QED) is 0.843. The van der Waals surface area contributed by atoms with E-state index >= 15 is 0 Å². The molecule has 1 saturated heterocycles. The number of carbonyl (C=O) groups is 1. The van der Waals surface area contributed by atoms with Gasteiger partial charge in [0.1, 0.15) is 5.75 Å². The Morgan fingerprint density at radius 3 is 2.94 bits per heavy atom. The van der Waals surface area contributed by atoms with E-state index in [0.29, 0.717) is 17.4 Å². The normalized spacial score (nSPS) is 15.0. The van der Waals surface area contributed by atoms with Crippen molar-refractivity contribution in [1.29, 1.82) is 0 Å². The molecule has 0 saturated carbocycles. The molecule has 1 aromatic heterocycles. The lowest BCUT2D eigenvalue weighted by Crippen LogP contribution is -2.59. The van der Waals surface area contributed by atoms with Gasteiger partial charge in [-0.05, 0) is 12.5 Å². The average Bonchev–Trinajstić information content (AvgIpc) is 2.35. The van der Waals surface area contributed by atoms with Crippen LogP contribution in [-0.2, 0) is 0 Å². The van der Waals surface area contributed by atoms with Crippen LogP contribution in [0.25, 0.3) is 0 Å². The first-order valence-electron chi connectivity index (χ1n) is 6.27. The first-order valence-corrected chi connectivity index (χ1v) is 6.27. The van der Waals surface area contributed by atoms with Crippen LogP contribution in [0.2, 0.25) is 0 Å². The summed E-state index contributed by atoms with van der Waals surface area (Å²) in [4.78, 5) is 18.4. The molecular formula is C13H19N3O2. The maximum absolute atomic E-state index is 12.5. The molecule has 0 unspecified atom stereocenters. The third-order valence-corrected chi connectivity index (χ3v) is 3.16. The molecule has 5 heteroatoms. The van der Waals surface area contributed by atoms with Crippen molar-refractivity contribution >= 4 is 5.91 Å². The highest BCUT2D eigenvalue weighted by Gasteiger charge is 2.29. The fraction of sp³-hybridized carbons (Fsp3) is 0.538. The predicted molar refractivity (Wildman–Crippen MR) is 68.8 cm³/mol. The number of nitrogens with one attached hydrogen (secondary N) is 1. The van der Waals surface area contributed by atoms with Gasteiger partial charge in [0.15, 0.2) is 0 Å². The van der Waals surface area contributed by atoms with Gasteiger partial charge in [-0.25, -0.2) is 0 Å². The van der Waals surface area contributed by atoms with Crippen LogP contribution in [0.4, 0.5) is 0 Å². The van der Waals surface area contributed by atoms with E-state index in [0.717, 1.165) is 26.1 Å². The molecule has 2 rings (SSSR count). The maximum Gasteiger partial charge on any atom is 0.258 e. The van der Waals surface area contributed by atoms with Crippen molar-refractivity contribution in [2.45, 2.75) is 19.4 Å². The Bertz CT molecular complexity index is 418. The van der Waals surface area contributed by atoms with E-state index in [2.05, 4.69) is 17.2 Å². The van der Waals surface area contributed by atoms with E-state index in [-0.39, 0.29) is 5.91 Å². The molecule has 1 aromatic rings. The van der Waals surface area contributed by atoms with Gasteiger partial charge in [-0.2, -0.15) is 0 Å². The Hall–Kier alpha value is -1.62. The summed E-state index contributed by atoms with van der Waals surface area (Å²) in [6.45, 7) is 4.60. The summed E-state index contributed by atoms with van der Waals surface area (Å²) in [6.07, 6.45) is 4.16. The Kier molecular flexibility index (Phi) is 4.15. The van der Waals surface area contributed by atoms with Crippen LogP contribution in [0.15, 0.2) is 18.5 Å². The van der Waals surface area contributed by atoms with Crippen LogP contribution in [0.1, 0.15) is 23.7 Å². The van der Waals surface area contributed by atoms with E-state index in [1.807, 2.05) is 4.90 Å². The second-order valence-corrected chi connectivity index (χ2v) is 4.39. The zero-order chi connectivity index (χ0) is 13.0. The number of amides is 1. The molecule has 0 aromatic carbocycles.